The van der Waals surface area contributed by atoms with Crippen molar-refractivity contribution in [3.63, 3.8) is 0 Å². The van der Waals surface area contributed by atoms with Gasteiger partial charge in [0, 0.05) is 6.42 Å². The van der Waals surface area contributed by atoms with Crippen LogP contribution in [0.5, 0.6) is 0 Å². The Hall–Kier alpha value is -1.51. The Morgan fingerprint density at radius 1 is 1.57 bits per heavy atom. The molecule has 0 saturated carbocycles. The summed E-state index contributed by atoms with van der Waals surface area (Å²) in [5.74, 6) is -0.278. The molecule has 0 fully saturated rings. The first-order valence-corrected chi connectivity index (χ1v) is 4.46. The maximum atomic E-state index is 10.6. The Morgan fingerprint density at radius 3 is 2.64 bits per heavy atom. The topological polar surface area (TPSA) is 50.4 Å². The van der Waals surface area contributed by atoms with E-state index in [0.717, 1.165) is 11.3 Å². The molecule has 0 aliphatic heterocycles. The zero-order valence-corrected chi connectivity index (χ0v) is 8.63. The second-order valence-corrected chi connectivity index (χ2v) is 3.51. The van der Waals surface area contributed by atoms with Crippen molar-refractivity contribution in [1.29, 1.82) is 0 Å². The first-order chi connectivity index (χ1) is 6.50. The summed E-state index contributed by atoms with van der Waals surface area (Å²) in [4.78, 5) is 10.6. The Morgan fingerprint density at radius 2 is 2.21 bits per heavy atom. The predicted octanol–water partition coefficient (Wildman–Crippen LogP) is 2.79. The zero-order valence-electron chi connectivity index (χ0n) is 8.63. The van der Waals surface area contributed by atoms with Crippen molar-refractivity contribution in [1.82, 2.24) is 0 Å². The third kappa shape index (κ3) is 2.49. The monoisotopic (exact) mass is 194 g/mol. The molecule has 0 unspecified atom stereocenters. The van der Waals surface area contributed by atoms with Crippen molar-refractivity contribution in [2.75, 3.05) is 0 Å². The van der Waals surface area contributed by atoms with Crippen LogP contribution in [-0.2, 0) is 6.42 Å². The molecule has 1 aromatic heterocycles. The predicted molar refractivity (Wildman–Crippen MR) is 53.5 cm³/mol. The first-order valence-electron chi connectivity index (χ1n) is 4.46. The maximum absolute atomic E-state index is 10.6. The lowest BCUT2D eigenvalue weighted by Gasteiger charge is -1.93. The summed E-state index contributed by atoms with van der Waals surface area (Å²) in [7, 11) is 0. The minimum Gasteiger partial charge on any atom is -0.475 e. The van der Waals surface area contributed by atoms with E-state index < -0.39 is 5.97 Å². The van der Waals surface area contributed by atoms with Gasteiger partial charge in [-0.1, -0.05) is 11.6 Å². The van der Waals surface area contributed by atoms with Gasteiger partial charge in [-0.05, 0) is 32.4 Å². The molecule has 3 heteroatoms. The Balaban J connectivity index is 2.88. The molecule has 1 aromatic rings. The number of rotatable bonds is 3. The van der Waals surface area contributed by atoms with E-state index in [1.165, 1.54) is 5.57 Å². The summed E-state index contributed by atoms with van der Waals surface area (Å²) >= 11 is 0. The van der Waals surface area contributed by atoms with Gasteiger partial charge in [-0.3, -0.25) is 0 Å². The molecule has 0 aromatic carbocycles. The lowest BCUT2D eigenvalue weighted by atomic mass is 10.2. The van der Waals surface area contributed by atoms with Crippen molar-refractivity contribution < 1.29 is 14.3 Å². The third-order valence-corrected chi connectivity index (χ3v) is 1.93. The quantitative estimate of drug-likeness (QED) is 0.753. The van der Waals surface area contributed by atoms with Gasteiger partial charge in [0.25, 0.3) is 0 Å². The Kier molecular flexibility index (Phi) is 3.12. The molecule has 76 valence electrons. The molecule has 3 nitrogen and oxygen atoms in total. The van der Waals surface area contributed by atoms with Gasteiger partial charge < -0.3 is 9.52 Å². The smallest absolute Gasteiger partial charge is 0.371 e. The molecule has 0 bridgehead atoms. The SMILES string of the molecule is CC(C)=CCc1oc(C(=O)O)cc1C. The minimum atomic E-state index is -1.02. The number of furan rings is 1. The van der Waals surface area contributed by atoms with Crippen molar-refractivity contribution in [3.8, 4) is 0 Å². The largest absolute Gasteiger partial charge is 0.475 e. The van der Waals surface area contributed by atoms with Gasteiger partial charge in [-0.15, -0.1) is 0 Å². The molecule has 0 aliphatic carbocycles. The van der Waals surface area contributed by atoms with Crippen LogP contribution in [0.4, 0.5) is 0 Å². The van der Waals surface area contributed by atoms with Crippen LogP contribution in [0.2, 0.25) is 0 Å². The van der Waals surface area contributed by atoms with E-state index in [9.17, 15) is 4.79 Å². The second-order valence-electron chi connectivity index (χ2n) is 3.51. The number of allylic oxidation sites excluding steroid dienone is 2. The molecule has 0 aliphatic rings. The standard InChI is InChI=1S/C11H14O3/c1-7(2)4-5-9-8(3)6-10(14-9)11(12)13/h4,6H,5H2,1-3H3,(H,12,13). The number of hydrogen-bond donors (Lipinski definition) is 1. The lowest BCUT2D eigenvalue weighted by Crippen LogP contribution is -1.91. The van der Waals surface area contributed by atoms with Crippen molar-refractivity contribution in [2.24, 2.45) is 0 Å². The molecule has 1 rings (SSSR count). The van der Waals surface area contributed by atoms with Crippen LogP contribution in [-0.4, -0.2) is 11.1 Å². The van der Waals surface area contributed by atoms with Gasteiger partial charge in [-0.25, -0.2) is 4.79 Å². The molecular weight excluding hydrogens is 180 g/mol. The maximum Gasteiger partial charge on any atom is 0.371 e. The zero-order chi connectivity index (χ0) is 10.7. The summed E-state index contributed by atoms with van der Waals surface area (Å²) < 4.78 is 5.18. The van der Waals surface area contributed by atoms with E-state index in [1.807, 2.05) is 26.8 Å². The summed E-state index contributed by atoms with van der Waals surface area (Å²) in [5.41, 5.74) is 2.08. The average molecular weight is 194 g/mol. The molecule has 0 atom stereocenters. The number of hydrogen-bond acceptors (Lipinski definition) is 2. The number of carbonyl (C=O) groups is 1. The second kappa shape index (κ2) is 4.13. The molecule has 1 N–H and O–H groups in total. The van der Waals surface area contributed by atoms with Crippen molar-refractivity contribution >= 4 is 5.97 Å². The highest BCUT2D eigenvalue weighted by atomic mass is 16.4. The fourth-order valence-corrected chi connectivity index (χ4v) is 1.12. The van der Waals surface area contributed by atoms with E-state index in [2.05, 4.69) is 0 Å². The van der Waals surface area contributed by atoms with E-state index in [-0.39, 0.29) is 5.76 Å². The van der Waals surface area contributed by atoms with Gasteiger partial charge in [0.15, 0.2) is 0 Å². The lowest BCUT2D eigenvalue weighted by molar-refractivity contribution is 0.0660. The number of carboxylic acid groups (broad SMARTS) is 1. The van der Waals surface area contributed by atoms with Gasteiger partial charge in [0.05, 0.1) is 0 Å². The summed E-state index contributed by atoms with van der Waals surface area (Å²) in [5, 5.41) is 8.69. The van der Waals surface area contributed by atoms with Crippen molar-refractivity contribution in [2.45, 2.75) is 27.2 Å². The van der Waals surface area contributed by atoms with E-state index in [4.69, 9.17) is 9.52 Å². The molecule has 0 saturated heterocycles. The van der Waals surface area contributed by atoms with Crippen LogP contribution >= 0.6 is 0 Å². The number of carboxylic acids is 1. The van der Waals surface area contributed by atoms with Crippen LogP contribution < -0.4 is 0 Å². The fourth-order valence-electron chi connectivity index (χ4n) is 1.12. The van der Waals surface area contributed by atoms with Crippen LogP contribution in [0, 0.1) is 6.92 Å². The normalized spacial score (nSPS) is 9.93. The summed E-state index contributed by atoms with van der Waals surface area (Å²) in [6.07, 6.45) is 2.67. The summed E-state index contributed by atoms with van der Waals surface area (Å²) in [6.45, 7) is 5.84. The number of aryl methyl sites for hydroxylation is 1. The van der Waals surface area contributed by atoms with E-state index in [0.29, 0.717) is 6.42 Å². The Bertz CT molecular complexity index is 368. The molecule has 14 heavy (non-hydrogen) atoms. The van der Waals surface area contributed by atoms with Crippen molar-refractivity contribution in [3.05, 3.63) is 34.8 Å². The van der Waals surface area contributed by atoms with Gasteiger partial charge in [0.2, 0.25) is 5.76 Å². The summed E-state index contributed by atoms with van der Waals surface area (Å²) in [6, 6.07) is 1.55. The highest BCUT2D eigenvalue weighted by molar-refractivity contribution is 5.84. The van der Waals surface area contributed by atoms with Gasteiger partial charge >= 0.3 is 5.97 Å². The fraction of sp³-hybridized carbons (Fsp3) is 0.364. The van der Waals surface area contributed by atoms with E-state index >= 15 is 0 Å². The molecule has 0 amide bonds. The van der Waals surface area contributed by atoms with E-state index in [1.54, 1.807) is 6.07 Å². The number of aromatic carboxylic acids is 1. The Labute approximate surface area is 83.0 Å². The van der Waals surface area contributed by atoms with Crippen LogP contribution in [0.1, 0.15) is 35.7 Å². The average Bonchev–Trinajstić information content (AvgIpc) is 2.43. The first kappa shape index (κ1) is 10.6. The van der Waals surface area contributed by atoms with Crippen LogP contribution in [0.3, 0.4) is 0 Å². The molecule has 1 heterocycles. The van der Waals surface area contributed by atoms with Crippen LogP contribution in [0.25, 0.3) is 0 Å². The van der Waals surface area contributed by atoms with Gasteiger partial charge in [-0.2, -0.15) is 0 Å². The molecule has 0 spiro atoms. The third-order valence-electron chi connectivity index (χ3n) is 1.93. The molecule has 0 radical (unpaired) electrons. The highest BCUT2D eigenvalue weighted by Gasteiger charge is 2.11. The van der Waals surface area contributed by atoms with Crippen LogP contribution in [0.15, 0.2) is 22.1 Å². The highest BCUT2D eigenvalue weighted by Crippen LogP contribution is 2.16. The molecular formula is C11H14O3. The van der Waals surface area contributed by atoms with Gasteiger partial charge in [0.1, 0.15) is 5.76 Å². The minimum absolute atomic E-state index is 0.0136.